The number of nitrogens with zero attached hydrogens (tertiary/aromatic N) is 1. The minimum Gasteiger partial charge on any atom is -0.480 e. The lowest BCUT2D eigenvalue weighted by Crippen LogP contribution is -2.53. The van der Waals surface area contributed by atoms with Gasteiger partial charge >= 0.3 is 12.0 Å². The summed E-state index contributed by atoms with van der Waals surface area (Å²) in [5.74, 6) is -0.152. The molecule has 7 heteroatoms. The number of nitrogens with one attached hydrogen (secondary N) is 1. The molecule has 1 saturated heterocycles. The molecule has 1 heterocycles. The molecule has 2 aliphatic rings. The summed E-state index contributed by atoms with van der Waals surface area (Å²) in [6, 6.07) is -1.37. The highest BCUT2D eigenvalue weighted by atomic mass is 32.2. The summed E-state index contributed by atoms with van der Waals surface area (Å²) in [4.78, 5) is 24.3. The van der Waals surface area contributed by atoms with Crippen molar-refractivity contribution in [1.82, 2.24) is 10.2 Å². The summed E-state index contributed by atoms with van der Waals surface area (Å²) in [5.41, 5.74) is 0. The van der Waals surface area contributed by atoms with Gasteiger partial charge < -0.3 is 20.4 Å². The van der Waals surface area contributed by atoms with Crippen molar-refractivity contribution in [3.05, 3.63) is 0 Å². The molecule has 3 atom stereocenters. The van der Waals surface area contributed by atoms with Crippen LogP contribution in [0.5, 0.6) is 0 Å². The second kappa shape index (κ2) is 5.79. The summed E-state index contributed by atoms with van der Waals surface area (Å²) in [7, 11) is 0. The smallest absolute Gasteiger partial charge is 0.327 e. The average Bonchev–Trinajstić information content (AvgIpc) is 2.81. The third-order valence-electron chi connectivity index (χ3n) is 3.47. The number of carboxylic acids is 1. The van der Waals surface area contributed by atoms with Gasteiger partial charge in [-0.15, -0.1) is 11.8 Å². The molecular weight excluding hydrogens is 256 g/mol. The van der Waals surface area contributed by atoms with Crippen LogP contribution in [0.2, 0.25) is 0 Å². The van der Waals surface area contributed by atoms with Gasteiger partial charge in [0.15, 0.2) is 0 Å². The Hall–Kier alpha value is -0.950. The number of carbonyl (C=O) groups excluding carboxylic acids is 1. The number of amides is 2. The van der Waals surface area contributed by atoms with E-state index in [2.05, 4.69) is 5.32 Å². The Bertz CT molecular complexity index is 339. The lowest BCUT2D eigenvalue weighted by Gasteiger charge is -2.31. The minimum absolute atomic E-state index is 0.244. The molecule has 0 spiro atoms. The zero-order chi connectivity index (χ0) is 13.1. The molecule has 0 aromatic rings. The molecule has 0 aromatic heterocycles. The van der Waals surface area contributed by atoms with Gasteiger partial charge in [-0.25, -0.2) is 9.59 Å². The lowest BCUT2D eigenvalue weighted by molar-refractivity contribution is -0.140. The van der Waals surface area contributed by atoms with Crippen molar-refractivity contribution in [2.75, 3.05) is 11.6 Å². The van der Waals surface area contributed by atoms with Crippen molar-refractivity contribution in [1.29, 1.82) is 0 Å². The largest absolute Gasteiger partial charge is 0.480 e. The summed E-state index contributed by atoms with van der Waals surface area (Å²) in [6.07, 6.45) is 2.90. The normalized spacial score (nSPS) is 32.3. The SMILES string of the molecule is O=C(O)[C@@H]1CSCN1C(=O)NC1CCCCC1O. The van der Waals surface area contributed by atoms with Crippen LogP contribution < -0.4 is 5.32 Å². The van der Waals surface area contributed by atoms with Crippen LogP contribution in [0.3, 0.4) is 0 Å². The van der Waals surface area contributed by atoms with Crippen LogP contribution in [0.4, 0.5) is 4.79 Å². The quantitative estimate of drug-likeness (QED) is 0.680. The van der Waals surface area contributed by atoms with E-state index < -0.39 is 18.1 Å². The van der Waals surface area contributed by atoms with Gasteiger partial charge in [-0.2, -0.15) is 0 Å². The Morgan fingerprint density at radius 3 is 2.67 bits per heavy atom. The van der Waals surface area contributed by atoms with E-state index in [1.54, 1.807) is 0 Å². The number of rotatable bonds is 2. The maximum absolute atomic E-state index is 12.0. The molecule has 0 aromatic carbocycles. The van der Waals surface area contributed by atoms with E-state index in [-0.39, 0.29) is 12.1 Å². The number of carboxylic acid groups (broad SMARTS) is 1. The zero-order valence-corrected chi connectivity index (χ0v) is 10.9. The van der Waals surface area contributed by atoms with Gasteiger partial charge in [-0.05, 0) is 12.8 Å². The molecule has 102 valence electrons. The van der Waals surface area contributed by atoms with Gasteiger partial charge in [0.25, 0.3) is 0 Å². The van der Waals surface area contributed by atoms with Gasteiger partial charge in [0.05, 0.1) is 18.0 Å². The first-order valence-electron chi connectivity index (χ1n) is 6.15. The fraction of sp³-hybridized carbons (Fsp3) is 0.818. The summed E-state index contributed by atoms with van der Waals surface area (Å²) in [6.45, 7) is 0. The van der Waals surface area contributed by atoms with E-state index in [1.165, 1.54) is 16.7 Å². The predicted octanol–water partition coefficient (Wildman–Crippen LogP) is 0.459. The Kier molecular flexibility index (Phi) is 4.34. The van der Waals surface area contributed by atoms with Crippen molar-refractivity contribution in [2.45, 2.75) is 43.9 Å². The molecule has 2 amide bonds. The van der Waals surface area contributed by atoms with Crippen molar-refractivity contribution in [3.63, 3.8) is 0 Å². The lowest BCUT2D eigenvalue weighted by atomic mass is 9.93. The Balaban J connectivity index is 1.92. The summed E-state index contributed by atoms with van der Waals surface area (Å²) in [5, 5.41) is 21.5. The maximum Gasteiger partial charge on any atom is 0.327 e. The van der Waals surface area contributed by atoms with Gasteiger partial charge in [0, 0.05) is 5.75 Å². The van der Waals surface area contributed by atoms with Gasteiger partial charge in [0.2, 0.25) is 0 Å². The number of carbonyl (C=O) groups is 2. The molecule has 0 bridgehead atoms. The van der Waals surface area contributed by atoms with Crippen molar-refractivity contribution >= 4 is 23.8 Å². The van der Waals surface area contributed by atoms with E-state index in [0.29, 0.717) is 18.1 Å². The highest BCUT2D eigenvalue weighted by Crippen LogP contribution is 2.23. The standard InChI is InChI=1S/C11H18N2O4S/c14-9-4-2-1-3-7(9)12-11(17)13-6-18-5-8(13)10(15)16/h7-9,14H,1-6H2,(H,12,17)(H,15,16)/t7?,8-,9?/m0/s1. The molecule has 2 rings (SSSR count). The first-order chi connectivity index (χ1) is 8.59. The molecule has 1 saturated carbocycles. The van der Waals surface area contributed by atoms with E-state index in [0.717, 1.165) is 19.3 Å². The molecular formula is C11H18N2O4S. The number of aliphatic hydroxyl groups excluding tert-OH is 1. The van der Waals surface area contributed by atoms with Crippen LogP contribution in [0, 0.1) is 0 Å². The van der Waals surface area contributed by atoms with Crippen LogP contribution in [-0.2, 0) is 4.79 Å². The second-order valence-corrected chi connectivity index (χ2v) is 5.73. The Morgan fingerprint density at radius 2 is 2.00 bits per heavy atom. The fourth-order valence-electron chi connectivity index (χ4n) is 2.37. The van der Waals surface area contributed by atoms with Crippen LogP contribution in [0.1, 0.15) is 25.7 Å². The van der Waals surface area contributed by atoms with Crippen LogP contribution >= 0.6 is 11.8 Å². The van der Waals surface area contributed by atoms with Crippen molar-refractivity contribution in [2.24, 2.45) is 0 Å². The van der Waals surface area contributed by atoms with Crippen LogP contribution in [0.15, 0.2) is 0 Å². The third-order valence-corrected chi connectivity index (χ3v) is 4.48. The van der Waals surface area contributed by atoms with Crippen molar-refractivity contribution < 1.29 is 19.8 Å². The molecule has 18 heavy (non-hydrogen) atoms. The van der Waals surface area contributed by atoms with Gasteiger partial charge in [-0.3, -0.25) is 0 Å². The number of urea groups is 1. The Morgan fingerprint density at radius 1 is 1.28 bits per heavy atom. The molecule has 1 aliphatic carbocycles. The molecule has 2 unspecified atom stereocenters. The number of aliphatic hydroxyl groups is 1. The van der Waals surface area contributed by atoms with Crippen molar-refractivity contribution in [3.8, 4) is 0 Å². The second-order valence-electron chi connectivity index (χ2n) is 4.73. The highest BCUT2D eigenvalue weighted by molar-refractivity contribution is 7.99. The molecule has 2 fully saturated rings. The summed E-state index contributed by atoms with van der Waals surface area (Å²) < 4.78 is 0. The fourth-order valence-corrected chi connectivity index (χ4v) is 3.51. The molecule has 0 radical (unpaired) electrons. The zero-order valence-electron chi connectivity index (χ0n) is 10.0. The topological polar surface area (TPSA) is 89.9 Å². The predicted molar refractivity (Wildman–Crippen MR) is 67.4 cm³/mol. The highest BCUT2D eigenvalue weighted by Gasteiger charge is 2.36. The van der Waals surface area contributed by atoms with E-state index in [9.17, 15) is 14.7 Å². The number of thioether (sulfide) groups is 1. The third kappa shape index (κ3) is 2.89. The van der Waals surface area contributed by atoms with Gasteiger partial charge in [-0.1, -0.05) is 12.8 Å². The van der Waals surface area contributed by atoms with E-state index >= 15 is 0 Å². The number of hydrogen-bond donors (Lipinski definition) is 3. The van der Waals surface area contributed by atoms with E-state index in [4.69, 9.17) is 5.11 Å². The van der Waals surface area contributed by atoms with Crippen LogP contribution in [-0.4, -0.2) is 56.9 Å². The molecule has 3 N–H and O–H groups in total. The minimum atomic E-state index is -0.973. The first-order valence-corrected chi connectivity index (χ1v) is 7.31. The maximum atomic E-state index is 12.0. The first kappa shape index (κ1) is 13.5. The average molecular weight is 274 g/mol. The van der Waals surface area contributed by atoms with Gasteiger partial charge in [0.1, 0.15) is 6.04 Å². The van der Waals surface area contributed by atoms with Crippen LogP contribution in [0.25, 0.3) is 0 Å². The molecule has 1 aliphatic heterocycles. The number of aliphatic carboxylic acids is 1. The summed E-state index contributed by atoms with van der Waals surface area (Å²) >= 11 is 1.43. The van der Waals surface area contributed by atoms with E-state index in [1.807, 2.05) is 0 Å². The molecule has 6 nitrogen and oxygen atoms in total. The monoisotopic (exact) mass is 274 g/mol. The Labute approximate surface area is 110 Å². The number of hydrogen-bond acceptors (Lipinski definition) is 4.